The second-order valence-corrected chi connectivity index (χ2v) is 7.41. The number of amides is 1. The van der Waals surface area contributed by atoms with Crippen molar-refractivity contribution in [2.24, 2.45) is 0 Å². The van der Waals surface area contributed by atoms with Crippen LogP contribution in [0.1, 0.15) is 45.9 Å². The summed E-state index contributed by atoms with van der Waals surface area (Å²) < 4.78 is 0. The zero-order valence-electron chi connectivity index (χ0n) is 15.0. The smallest absolute Gasteiger partial charge is 0.274 e. The normalized spacial score (nSPS) is 16.5. The van der Waals surface area contributed by atoms with E-state index in [0.29, 0.717) is 29.0 Å². The topological polar surface area (TPSA) is 110 Å². The maximum absolute atomic E-state index is 12.8. The zero-order valence-corrected chi connectivity index (χ0v) is 15.8. The van der Waals surface area contributed by atoms with Gasteiger partial charge in [-0.2, -0.15) is 0 Å². The Bertz CT molecular complexity index is 961. The van der Waals surface area contributed by atoms with E-state index in [-0.39, 0.29) is 11.9 Å². The van der Waals surface area contributed by atoms with Crippen LogP contribution in [-0.2, 0) is 0 Å². The Morgan fingerprint density at radius 3 is 2.89 bits per heavy atom. The monoisotopic (exact) mass is 382 g/mol. The lowest BCUT2D eigenvalue weighted by Gasteiger charge is -2.24. The molecule has 3 aromatic rings. The maximum Gasteiger partial charge on any atom is 0.274 e. The van der Waals surface area contributed by atoms with E-state index in [1.165, 1.54) is 23.7 Å². The lowest BCUT2D eigenvalue weighted by molar-refractivity contribution is 0.0726. The number of nitrogens with zero attached hydrogens (tertiary/aromatic N) is 7. The molecule has 3 aromatic heterocycles. The largest absolute Gasteiger partial charge is 0.329 e. The Kier molecular flexibility index (Phi) is 4.71. The van der Waals surface area contributed by atoms with Crippen molar-refractivity contribution in [2.45, 2.75) is 32.7 Å². The van der Waals surface area contributed by atoms with E-state index in [9.17, 15) is 4.79 Å². The molecule has 1 saturated heterocycles. The molecule has 1 aliphatic rings. The molecule has 0 bridgehead atoms. The van der Waals surface area contributed by atoms with E-state index in [1.807, 2.05) is 24.8 Å². The first-order valence-corrected chi connectivity index (χ1v) is 9.41. The molecule has 138 valence electrons. The van der Waals surface area contributed by atoms with Gasteiger partial charge in [-0.15, -0.1) is 10.2 Å². The van der Waals surface area contributed by atoms with Crippen LogP contribution in [0.4, 0.5) is 10.9 Å². The molecule has 0 unspecified atom stereocenters. The van der Waals surface area contributed by atoms with Crippen molar-refractivity contribution in [3.63, 3.8) is 0 Å². The highest BCUT2D eigenvalue weighted by molar-refractivity contribution is 7.15. The van der Waals surface area contributed by atoms with Crippen molar-refractivity contribution >= 4 is 28.2 Å². The third-order valence-electron chi connectivity index (χ3n) is 4.26. The van der Waals surface area contributed by atoms with Gasteiger partial charge >= 0.3 is 0 Å². The minimum Gasteiger partial charge on any atom is -0.329 e. The molecule has 4 heterocycles. The van der Waals surface area contributed by atoms with Gasteiger partial charge in [0.15, 0.2) is 0 Å². The van der Waals surface area contributed by atoms with Gasteiger partial charge < -0.3 is 10.2 Å². The summed E-state index contributed by atoms with van der Waals surface area (Å²) in [5.41, 5.74) is 1.15. The molecule has 1 N–H and O–H groups in total. The summed E-state index contributed by atoms with van der Waals surface area (Å²) in [6.45, 7) is 4.40. The highest BCUT2D eigenvalue weighted by Crippen LogP contribution is 2.33. The molecule has 0 saturated carbocycles. The molecule has 0 radical (unpaired) electrons. The number of carbonyl (C=O) groups is 1. The first kappa shape index (κ1) is 17.4. The number of likely N-dealkylation sites (tertiary alicyclic amines) is 1. The summed E-state index contributed by atoms with van der Waals surface area (Å²) in [5, 5.41) is 12.8. The maximum atomic E-state index is 12.8. The van der Waals surface area contributed by atoms with Gasteiger partial charge in [-0.3, -0.25) is 9.78 Å². The SMILES string of the molecule is Cc1nc(Nc2nnc(C)s2)cc([C@H]2CCCN2C(=O)c2cnccn2)n1. The van der Waals surface area contributed by atoms with Gasteiger partial charge in [0, 0.05) is 25.0 Å². The van der Waals surface area contributed by atoms with Crippen molar-refractivity contribution in [2.75, 3.05) is 11.9 Å². The fraction of sp³-hybridized carbons (Fsp3) is 0.353. The predicted octanol–water partition coefficient (Wildman–Crippen LogP) is 2.46. The first-order valence-electron chi connectivity index (χ1n) is 8.60. The summed E-state index contributed by atoms with van der Waals surface area (Å²) in [5.74, 6) is 1.15. The second kappa shape index (κ2) is 7.31. The summed E-state index contributed by atoms with van der Waals surface area (Å²) in [7, 11) is 0. The molecule has 0 spiro atoms. The lowest BCUT2D eigenvalue weighted by Crippen LogP contribution is -2.31. The van der Waals surface area contributed by atoms with Crippen molar-refractivity contribution in [1.82, 2.24) is 35.0 Å². The summed E-state index contributed by atoms with van der Waals surface area (Å²) in [6, 6.07) is 1.76. The summed E-state index contributed by atoms with van der Waals surface area (Å²) in [4.78, 5) is 31.8. The third kappa shape index (κ3) is 3.75. The molecular formula is C17H18N8OS. The van der Waals surface area contributed by atoms with Crippen LogP contribution in [-0.4, -0.2) is 47.5 Å². The van der Waals surface area contributed by atoms with Crippen LogP contribution in [0.15, 0.2) is 24.7 Å². The van der Waals surface area contributed by atoms with Gasteiger partial charge in [-0.05, 0) is 26.7 Å². The van der Waals surface area contributed by atoms with Crippen molar-refractivity contribution in [1.29, 1.82) is 0 Å². The first-order chi connectivity index (χ1) is 13.1. The van der Waals surface area contributed by atoms with E-state index in [1.54, 1.807) is 6.20 Å². The Morgan fingerprint density at radius 2 is 2.15 bits per heavy atom. The van der Waals surface area contributed by atoms with Gasteiger partial charge in [0.2, 0.25) is 5.13 Å². The number of nitrogens with one attached hydrogen (secondary N) is 1. The Morgan fingerprint density at radius 1 is 1.26 bits per heavy atom. The van der Waals surface area contributed by atoms with Crippen LogP contribution in [0.3, 0.4) is 0 Å². The van der Waals surface area contributed by atoms with Crippen LogP contribution in [0, 0.1) is 13.8 Å². The predicted molar refractivity (Wildman–Crippen MR) is 99.7 cm³/mol. The third-order valence-corrected chi connectivity index (χ3v) is 5.01. The van der Waals surface area contributed by atoms with Gasteiger partial charge in [-0.1, -0.05) is 11.3 Å². The van der Waals surface area contributed by atoms with Crippen molar-refractivity contribution in [3.8, 4) is 0 Å². The van der Waals surface area contributed by atoms with E-state index < -0.39 is 0 Å². The second-order valence-electron chi connectivity index (χ2n) is 6.22. The highest BCUT2D eigenvalue weighted by atomic mass is 32.1. The minimum absolute atomic E-state index is 0.113. The van der Waals surface area contributed by atoms with Gasteiger partial charge in [-0.25, -0.2) is 15.0 Å². The number of rotatable bonds is 4. The molecule has 1 atom stereocenters. The number of anilines is 2. The van der Waals surface area contributed by atoms with Crippen LogP contribution >= 0.6 is 11.3 Å². The number of aryl methyl sites for hydroxylation is 2. The van der Waals surface area contributed by atoms with Gasteiger partial charge in [0.25, 0.3) is 5.91 Å². The lowest BCUT2D eigenvalue weighted by atomic mass is 10.1. The Balaban J connectivity index is 1.60. The van der Waals surface area contributed by atoms with E-state index in [2.05, 4.69) is 35.5 Å². The quantitative estimate of drug-likeness (QED) is 0.733. The molecule has 4 rings (SSSR count). The fourth-order valence-electron chi connectivity index (χ4n) is 3.16. The van der Waals surface area contributed by atoms with Gasteiger partial charge in [0.1, 0.15) is 22.3 Å². The average molecular weight is 382 g/mol. The molecule has 1 amide bonds. The Labute approximate surface area is 159 Å². The molecule has 1 fully saturated rings. The van der Waals surface area contributed by atoms with Crippen LogP contribution < -0.4 is 5.32 Å². The standard InChI is InChI=1S/C17H18N8OS/c1-10-20-12(8-15(21-10)22-17-24-23-11(2)27-17)14-4-3-7-25(14)16(26)13-9-18-5-6-19-13/h5-6,8-9,14H,3-4,7H2,1-2H3,(H,20,21,22,24)/t14-/m1/s1. The molecule has 9 nitrogen and oxygen atoms in total. The van der Waals surface area contributed by atoms with E-state index >= 15 is 0 Å². The Hall–Kier alpha value is -3.01. The number of hydrogen-bond donors (Lipinski definition) is 1. The molecule has 0 aliphatic carbocycles. The molecule has 10 heteroatoms. The molecule has 0 aromatic carbocycles. The number of hydrogen-bond acceptors (Lipinski definition) is 9. The van der Waals surface area contributed by atoms with Crippen LogP contribution in [0.2, 0.25) is 0 Å². The molecular weight excluding hydrogens is 364 g/mol. The van der Waals surface area contributed by atoms with E-state index in [4.69, 9.17) is 0 Å². The number of aromatic nitrogens is 6. The van der Waals surface area contributed by atoms with Crippen LogP contribution in [0.25, 0.3) is 0 Å². The van der Waals surface area contributed by atoms with Crippen molar-refractivity contribution < 1.29 is 4.79 Å². The number of carbonyl (C=O) groups excluding carboxylic acids is 1. The average Bonchev–Trinajstić information content (AvgIpc) is 3.30. The minimum atomic E-state index is -0.129. The van der Waals surface area contributed by atoms with Crippen LogP contribution in [0.5, 0.6) is 0 Å². The molecule has 27 heavy (non-hydrogen) atoms. The molecule has 1 aliphatic heterocycles. The summed E-state index contributed by atoms with van der Waals surface area (Å²) >= 11 is 1.46. The zero-order chi connectivity index (χ0) is 18.8. The van der Waals surface area contributed by atoms with E-state index in [0.717, 1.165) is 23.5 Å². The summed E-state index contributed by atoms with van der Waals surface area (Å²) in [6.07, 6.45) is 6.34. The van der Waals surface area contributed by atoms with Crippen molar-refractivity contribution in [3.05, 3.63) is 46.9 Å². The van der Waals surface area contributed by atoms with Gasteiger partial charge in [0.05, 0.1) is 17.9 Å². The highest BCUT2D eigenvalue weighted by Gasteiger charge is 2.32. The fourth-order valence-corrected chi connectivity index (χ4v) is 3.75.